The Kier molecular flexibility index (Phi) is 4.83. The molecular formula is C18H15FN2O5. The molecule has 0 amide bonds. The zero-order valence-electron chi connectivity index (χ0n) is 13.8. The number of fused-ring (bicyclic) bond motifs is 1. The first-order valence-electron chi connectivity index (χ1n) is 7.86. The molecule has 0 radical (unpaired) electrons. The third-order valence-electron chi connectivity index (χ3n) is 3.76. The van der Waals surface area contributed by atoms with Crippen LogP contribution in [0, 0.1) is 15.9 Å². The van der Waals surface area contributed by atoms with Crippen LogP contribution in [0.25, 0.3) is 10.9 Å². The van der Waals surface area contributed by atoms with Crippen LogP contribution < -0.4 is 4.74 Å². The fraction of sp³-hybridized carbons (Fsp3) is 0.167. The van der Waals surface area contributed by atoms with Crippen LogP contribution in [0.3, 0.4) is 0 Å². The summed E-state index contributed by atoms with van der Waals surface area (Å²) in [6.45, 7) is 1.79. The van der Waals surface area contributed by atoms with Gasteiger partial charge >= 0.3 is 11.7 Å². The second-order valence-electron chi connectivity index (χ2n) is 5.42. The summed E-state index contributed by atoms with van der Waals surface area (Å²) in [5, 5.41) is 11.9. The van der Waals surface area contributed by atoms with E-state index in [9.17, 15) is 19.3 Å². The van der Waals surface area contributed by atoms with Crippen molar-refractivity contribution in [3.63, 3.8) is 0 Å². The predicted molar refractivity (Wildman–Crippen MR) is 91.8 cm³/mol. The second kappa shape index (κ2) is 7.22. The van der Waals surface area contributed by atoms with E-state index in [1.165, 1.54) is 6.07 Å². The number of nitro benzene ring substituents is 1. The lowest BCUT2D eigenvalue weighted by molar-refractivity contribution is -0.385. The molecule has 1 aromatic heterocycles. The van der Waals surface area contributed by atoms with Crippen molar-refractivity contribution in [2.45, 2.75) is 13.3 Å². The van der Waals surface area contributed by atoms with Crippen molar-refractivity contribution in [2.75, 3.05) is 6.61 Å². The van der Waals surface area contributed by atoms with E-state index in [0.717, 1.165) is 11.6 Å². The van der Waals surface area contributed by atoms with Crippen LogP contribution in [0.15, 0.2) is 42.6 Å². The van der Waals surface area contributed by atoms with Gasteiger partial charge in [0, 0.05) is 28.7 Å². The molecule has 0 bridgehead atoms. The minimum atomic E-state index is -0.959. The first kappa shape index (κ1) is 17.4. The summed E-state index contributed by atoms with van der Waals surface area (Å²) >= 11 is 0. The van der Waals surface area contributed by atoms with Crippen LogP contribution in [0.4, 0.5) is 10.1 Å². The van der Waals surface area contributed by atoms with Crippen LogP contribution in [-0.2, 0) is 16.0 Å². The zero-order valence-corrected chi connectivity index (χ0v) is 13.8. The largest absolute Gasteiger partial charge is 0.466 e. The zero-order chi connectivity index (χ0) is 18.7. The Bertz CT molecular complexity index is 983. The number of hydrogen-bond donors (Lipinski definition) is 1. The standard InChI is InChI=1S/C18H15FN2O5/c1-2-25-16(22)10-11-6-7-14(21(23)24)18(17(11)19)26-15-5-3-4-13-12(15)8-9-20-13/h3-9,20H,2,10H2,1H3. The maximum Gasteiger partial charge on any atom is 0.314 e. The topological polar surface area (TPSA) is 94.5 Å². The summed E-state index contributed by atoms with van der Waals surface area (Å²) in [5.74, 6) is -1.86. The number of benzene rings is 2. The van der Waals surface area contributed by atoms with Gasteiger partial charge < -0.3 is 14.5 Å². The Morgan fingerprint density at radius 1 is 1.27 bits per heavy atom. The number of carbonyl (C=O) groups is 1. The number of nitrogens with zero attached hydrogens (tertiary/aromatic N) is 1. The molecular weight excluding hydrogens is 343 g/mol. The predicted octanol–water partition coefficient (Wildman–Crippen LogP) is 4.11. The minimum absolute atomic E-state index is 0.0368. The minimum Gasteiger partial charge on any atom is -0.466 e. The number of hydrogen-bond acceptors (Lipinski definition) is 5. The molecule has 1 N–H and O–H groups in total. The molecule has 0 saturated carbocycles. The number of nitrogens with one attached hydrogen (secondary N) is 1. The average molecular weight is 358 g/mol. The average Bonchev–Trinajstić information content (AvgIpc) is 3.08. The highest BCUT2D eigenvalue weighted by Gasteiger charge is 2.25. The van der Waals surface area contributed by atoms with E-state index in [0.29, 0.717) is 5.39 Å². The molecule has 0 spiro atoms. The lowest BCUT2D eigenvalue weighted by Crippen LogP contribution is -2.10. The van der Waals surface area contributed by atoms with Crippen molar-refractivity contribution < 1.29 is 23.6 Å². The Balaban J connectivity index is 2.04. The van der Waals surface area contributed by atoms with E-state index in [4.69, 9.17) is 9.47 Å². The summed E-state index contributed by atoms with van der Waals surface area (Å²) in [7, 11) is 0. The van der Waals surface area contributed by atoms with Crippen molar-refractivity contribution in [1.82, 2.24) is 4.98 Å². The van der Waals surface area contributed by atoms with E-state index in [1.54, 1.807) is 37.4 Å². The third kappa shape index (κ3) is 3.34. The monoisotopic (exact) mass is 358 g/mol. The number of esters is 1. The fourth-order valence-corrected chi connectivity index (χ4v) is 2.59. The third-order valence-corrected chi connectivity index (χ3v) is 3.76. The molecule has 134 valence electrons. The quantitative estimate of drug-likeness (QED) is 0.406. The molecule has 2 aromatic carbocycles. The van der Waals surface area contributed by atoms with Gasteiger partial charge in [-0.25, -0.2) is 4.39 Å². The first-order valence-corrected chi connectivity index (χ1v) is 7.86. The van der Waals surface area contributed by atoms with Crippen LogP contribution in [0.1, 0.15) is 12.5 Å². The maximum absolute atomic E-state index is 14.9. The first-order chi connectivity index (χ1) is 12.5. The van der Waals surface area contributed by atoms with Gasteiger partial charge in [-0.05, 0) is 31.2 Å². The van der Waals surface area contributed by atoms with E-state index < -0.39 is 28.1 Å². The molecule has 0 aliphatic rings. The number of aromatic amines is 1. The van der Waals surface area contributed by atoms with Crippen LogP contribution in [-0.4, -0.2) is 22.5 Å². The number of nitro groups is 1. The molecule has 1 heterocycles. The number of H-pyrrole nitrogens is 1. The van der Waals surface area contributed by atoms with E-state index in [2.05, 4.69) is 4.98 Å². The van der Waals surface area contributed by atoms with Crippen molar-refractivity contribution >= 4 is 22.6 Å². The van der Waals surface area contributed by atoms with Gasteiger partial charge in [-0.15, -0.1) is 0 Å². The molecule has 3 aromatic rings. The molecule has 7 nitrogen and oxygen atoms in total. The molecule has 0 atom stereocenters. The fourth-order valence-electron chi connectivity index (χ4n) is 2.59. The Morgan fingerprint density at radius 3 is 2.81 bits per heavy atom. The molecule has 0 aliphatic heterocycles. The highest BCUT2D eigenvalue weighted by Crippen LogP contribution is 2.38. The molecule has 0 aliphatic carbocycles. The number of halogens is 1. The molecule has 26 heavy (non-hydrogen) atoms. The molecule has 0 saturated heterocycles. The molecule has 8 heteroatoms. The van der Waals surface area contributed by atoms with Crippen molar-refractivity contribution in [3.8, 4) is 11.5 Å². The van der Waals surface area contributed by atoms with Gasteiger partial charge in [-0.1, -0.05) is 6.07 Å². The smallest absolute Gasteiger partial charge is 0.314 e. The van der Waals surface area contributed by atoms with Crippen LogP contribution >= 0.6 is 0 Å². The molecule has 0 fully saturated rings. The lowest BCUT2D eigenvalue weighted by atomic mass is 10.1. The van der Waals surface area contributed by atoms with Crippen LogP contribution in [0.5, 0.6) is 11.5 Å². The maximum atomic E-state index is 14.9. The highest BCUT2D eigenvalue weighted by molar-refractivity contribution is 5.86. The summed E-state index contributed by atoms with van der Waals surface area (Å²) in [6.07, 6.45) is 1.34. The second-order valence-corrected chi connectivity index (χ2v) is 5.42. The Labute approximate surface area is 147 Å². The number of ether oxygens (including phenoxy) is 2. The molecule has 0 unspecified atom stereocenters. The van der Waals surface area contributed by atoms with Crippen LogP contribution in [0.2, 0.25) is 0 Å². The van der Waals surface area contributed by atoms with Crippen molar-refractivity contribution in [1.29, 1.82) is 0 Å². The summed E-state index contributed by atoms with van der Waals surface area (Å²) in [5.41, 5.74) is 0.182. The van der Waals surface area contributed by atoms with Gasteiger partial charge in [-0.3, -0.25) is 14.9 Å². The van der Waals surface area contributed by atoms with Crippen molar-refractivity contribution in [3.05, 3.63) is 64.1 Å². The molecule has 3 rings (SSSR count). The van der Waals surface area contributed by atoms with Gasteiger partial charge in [-0.2, -0.15) is 0 Å². The van der Waals surface area contributed by atoms with Gasteiger partial charge in [0.25, 0.3) is 0 Å². The summed E-state index contributed by atoms with van der Waals surface area (Å²) < 4.78 is 25.2. The van der Waals surface area contributed by atoms with Gasteiger partial charge in [0.1, 0.15) is 5.75 Å². The van der Waals surface area contributed by atoms with E-state index in [1.807, 2.05) is 0 Å². The van der Waals surface area contributed by atoms with E-state index >= 15 is 0 Å². The highest BCUT2D eigenvalue weighted by atomic mass is 19.1. The van der Waals surface area contributed by atoms with E-state index in [-0.39, 0.29) is 24.3 Å². The Hall–Kier alpha value is -3.42. The van der Waals surface area contributed by atoms with Gasteiger partial charge in [0.05, 0.1) is 18.0 Å². The van der Waals surface area contributed by atoms with Gasteiger partial charge in [0.15, 0.2) is 5.82 Å². The summed E-state index contributed by atoms with van der Waals surface area (Å²) in [6, 6.07) is 9.08. The number of carbonyl (C=O) groups excluding carboxylic acids is 1. The lowest BCUT2D eigenvalue weighted by Gasteiger charge is -2.11. The number of rotatable bonds is 6. The summed E-state index contributed by atoms with van der Waals surface area (Å²) in [4.78, 5) is 25.1. The normalized spacial score (nSPS) is 10.7. The Morgan fingerprint density at radius 2 is 2.08 bits per heavy atom. The van der Waals surface area contributed by atoms with Crippen molar-refractivity contribution in [2.24, 2.45) is 0 Å². The van der Waals surface area contributed by atoms with Gasteiger partial charge in [0.2, 0.25) is 5.75 Å². The number of aromatic nitrogens is 1. The SMILES string of the molecule is CCOC(=O)Cc1ccc([N+](=O)[O-])c(Oc2cccc3[nH]ccc23)c1F.